The third-order valence-electron chi connectivity index (χ3n) is 4.29. The standard InChI is InChI=1S/C18H23ClN2O/c1-20-10-12-21(13-11-20)9-4-14-22-18-16-6-3-2-5-15(16)7-8-17(18)19/h2-3,5-8H,4,9-14H2,1H3. The molecule has 1 aliphatic rings. The van der Waals surface area contributed by atoms with Gasteiger partial charge in [-0.3, -0.25) is 0 Å². The van der Waals surface area contributed by atoms with Crippen LogP contribution in [0.25, 0.3) is 10.8 Å². The van der Waals surface area contributed by atoms with Gasteiger partial charge in [-0.1, -0.05) is 41.9 Å². The normalized spacial score (nSPS) is 17.0. The summed E-state index contributed by atoms with van der Waals surface area (Å²) in [5.41, 5.74) is 0. The molecule has 2 aromatic carbocycles. The summed E-state index contributed by atoms with van der Waals surface area (Å²) >= 11 is 6.31. The third kappa shape index (κ3) is 3.72. The molecule has 118 valence electrons. The largest absolute Gasteiger partial charge is 0.491 e. The molecule has 1 saturated heterocycles. The predicted octanol–water partition coefficient (Wildman–Crippen LogP) is 3.51. The van der Waals surface area contributed by atoms with Crippen molar-refractivity contribution in [1.82, 2.24) is 9.80 Å². The molecule has 0 unspecified atom stereocenters. The number of ether oxygens (including phenoxy) is 1. The topological polar surface area (TPSA) is 15.7 Å². The summed E-state index contributed by atoms with van der Waals surface area (Å²) in [6.07, 6.45) is 1.03. The molecule has 0 saturated carbocycles. The van der Waals surface area contributed by atoms with Gasteiger partial charge in [0.25, 0.3) is 0 Å². The minimum atomic E-state index is 0.693. The number of hydrogen-bond donors (Lipinski definition) is 0. The molecule has 1 heterocycles. The van der Waals surface area contributed by atoms with E-state index in [2.05, 4.69) is 29.0 Å². The fourth-order valence-corrected chi connectivity index (χ4v) is 3.12. The first-order valence-electron chi connectivity index (χ1n) is 7.95. The van der Waals surface area contributed by atoms with Gasteiger partial charge < -0.3 is 14.5 Å². The number of fused-ring (bicyclic) bond motifs is 1. The molecule has 4 heteroatoms. The zero-order valence-corrected chi connectivity index (χ0v) is 13.9. The molecular weight excluding hydrogens is 296 g/mol. The van der Waals surface area contributed by atoms with Crippen LogP contribution < -0.4 is 4.74 Å². The van der Waals surface area contributed by atoms with Crippen LogP contribution in [0.1, 0.15) is 6.42 Å². The molecule has 0 spiro atoms. The second-order valence-corrected chi connectivity index (χ2v) is 6.35. The zero-order chi connectivity index (χ0) is 15.4. The van der Waals surface area contributed by atoms with Crippen LogP contribution in [0.5, 0.6) is 5.75 Å². The molecule has 0 aromatic heterocycles. The summed E-state index contributed by atoms with van der Waals surface area (Å²) < 4.78 is 5.99. The van der Waals surface area contributed by atoms with Gasteiger partial charge in [-0.2, -0.15) is 0 Å². The minimum absolute atomic E-state index is 0.693. The van der Waals surface area contributed by atoms with E-state index in [-0.39, 0.29) is 0 Å². The van der Waals surface area contributed by atoms with E-state index in [0.717, 1.165) is 50.3 Å². The number of benzene rings is 2. The van der Waals surface area contributed by atoms with Gasteiger partial charge in [-0.05, 0) is 24.9 Å². The molecule has 1 fully saturated rings. The fraction of sp³-hybridized carbons (Fsp3) is 0.444. The molecule has 0 amide bonds. The molecule has 3 rings (SSSR count). The fourth-order valence-electron chi connectivity index (χ4n) is 2.90. The molecule has 1 aliphatic heterocycles. The first kappa shape index (κ1) is 15.6. The number of likely N-dealkylation sites (N-methyl/N-ethyl adjacent to an activating group) is 1. The van der Waals surface area contributed by atoms with Crippen LogP contribution in [0.4, 0.5) is 0 Å². The van der Waals surface area contributed by atoms with Crippen molar-refractivity contribution < 1.29 is 4.74 Å². The molecule has 0 N–H and O–H groups in total. The number of nitrogens with zero attached hydrogens (tertiary/aromatic N) is 2. The summed E-state index contributed by atoms with van der Waals surface area (Å²) in [5, 5.41) is 2.95. The molecule has 22 heavy (non-hydrogen) atoms. The van der Waals surface area contributed by atoms with Crippen molar-refractivity contribution in [2.24, 2.45) is 0 Å². The van der Waals surface area contributed by atoms with Crippen molar-refractivity contribution >= 4 is 22.4 Å². The molecule has 0 atom stereocenters. The highest BCUT2D eigenvalue weighted by atomic mass is 35.5. The Morgan fingerprint density at radius 2 is 1.82 bits per heavy atom. The summed E-state index contributed by atoms with van der Waals surface area (Å²) in [7, 11) is 2.18. The Morgan fingerprint density at radius 1 is 1.05 bits per heavy atom. The number of halogens is 1. The maximum absolute atomic E-state index is 6.31. The summed E-state index contributed by atoms with van der Waals surface area (Å²) in [6.45, 7) is 6.44. The van der Waals surface area contributed by atoms with Gasteiger partial charge in [-0.25, -0.2) is 0 Å². The predicted molar refractivity (Wildman–Crippen MR) is 93.0 cm³/mol. The maximum Gasteiger partial charge on any atom is 0.145 e. The Kier molecular flexibility index (Phi) is 5.19. The third-order valence-corrected chi connectivity index (χ3v) is 4.59. The first-order chi connectivity index (χ1) is 10.7. The van der Waals surface area contributed by atoms with E-state index in [1.54, 1.807) is 0 Å². The molecule has 0 aliphatic carbocycles. The Bertz CT molecular complexity index is 624. The van der Waals surface area contributed by atoms with Crippen molar-refractivity contribution in [2.75, 3.05) is 46.4 Å². The summed E-state index contributed by atoms with van der Waals surface area (Å²) in [4.78, 5) is 4.89. The highest BCUT2D eigenvalue weighted by Gasteiger charge is 2.13. The van der Waals surface area contributed by atoms with E-state index in [1.807, 2.05) is 24.3 Å². The van der Waals surface area contributed by atoms with Crippen LogP contribution in [-0.2, 0) is 0 Å². The molecular formula is C18H23ClN2O. The van der Waals surface area contributed by atoms with Gasteiger partial charge in [0.2, 0.25) is 0 Å². The van der Waals surface area contributed by atoms with Crippen molar-refractivity contribution in [2.45, 2.75) is 6.42 Å². The van der Waals surface area contributed by atoms with E-state index in [0.29, 0.717) is 11.6 Å². The Labute approximate surface area is 137 Å². The van der Waals surface area contributed by atoms with Crippen LogP contribution >= 0.6 is 11.6 Å². The van der Waals surface area contributed by atoms with Gasteiger partial charge >= 0.3 is 0 Å². The van der Waals surface area contributed by atoms with Crippen LogP contribution in [-0.4, -0.2) is 56.2 Å². The highest BCUT2D eigenvalue weighted by Crippen LogP contribution is 2.33. The molecule has 3 nitrogen and oxygen atoms in total. The van der Waals surface area contributed by atoms with E-state index in [9.17, 15) is 0 Å². The lowest BCUT2D eigenvalue weighted by molar-refractivity contribution is 0.145. The Morgan fingerprint density at radius 3 is 2.64 bits per heavy atom. The van der Waals surface area contributed by atoms with E-state index in [1.165, 1.54) is 5.39 Å². The van der Waals surface area contributed by atoms with Crippen LogP contribution in [0.15, 0.2) is 36.4 Å². The lowest BCUT2D eigenvalue weighted by atomic mass is 10.1. The average Bonchev–Trinajstić information content (AvgIpc) is 2.55. The van der Waals surface area contributed by atoms with E-state index >= 15 is 0 Å². The van der Waals surface area contributed by atoms with Gasteiger partial charge in [0, 0.05) is 38.1 Å². The van der Waals surface area contributed by atoms with Crippen molar-refractivity contribution in [3.05, 3.63) is 41.4 Å². The average molecular weight is 319 g/mol. The lowest BCUT2D eigenvalue weighted by Gasteiger charge is -2.32. The number of rotatable bonds is 5. The van der Waals surface area contributed by atoms with Gasteiger partial charge in [0.05, 0.1) is 11.6 Å². The zero-order valence-electron chi connectivity index (χ0n) is 13.1. The van der Waals surface area contributed by atoms with Gasteiger partial charge in [0.15, 0.2) is 0 Å². The Hall–Kier alpha value is -1.29. The van der Waals surface area contributed by atoms with Crippen LogP contribution in [0.2, 0.25) is 5.02 Å². The van der Waals surface area contributed by atoms with Gasteiger partial charge in [-0.15, -0.1) is 0 Å². The van der Waals surface area contributed by atoms with Crippen molar-refractivity contribution in [3.63, 3.8) is 0 Å². The van der Waals surface area contributed by atoms with Crippen molar-refractivity contribution in [1.29, 1.82) is 0 Å². The minimum Gasteiger partial charge on any atom is -0.491 e. The second-order valence-electron chi connectivity index (χ2n) is 5.94. The number of hydrogen-bond acceptors (Lipinski definition) is 3. The summed E-state index contributed by atoms with van der Waals surface area (Å²) in [5.74, 6) is 0.818. The summed E-state index contributed by atoms with van der Waals surface area (Å²) in [6, 6.07) is 12.2. The smallest absolute Gasteiger partial charge is 0.145 e. The van der Waals surface area contributed by atoms with E-state index < -0.39 is 0 Å². The molecule has 0 radical (unpaired) electrons. The first-order valence-corrected chi connectivity index (χ1v) is 8.33. The SMILES string of the molecule is CN1CCN(CCCOc2c(Cl)ccc3ccccc23)CC1. The highest BCUT2D eigenvalue weighted by molar-refractivity contribution is 6.33. The second kappa shape index (κ2) is 7.32. The monoisotopic (exact) mass is 318 g/mol. The van der Waals surface area contributed by atoms with Crippen LogP contribution in [0.3, 0.4) is 0 Å². The molecule has 0 bridgehead atoms. The van der Waals surface area contributed by atoms with Crippen molar-refractivity contribution in [3.8, 4) is 5.75 Å². The van der Waals surface area contributed by atoms with Gasteiger partial charge in [0.1, 0.15) is 5.75 Å². The van der Waals surface area contributed by atoms with Crippen LogP contribution in [0, 0.1) is 0 Å². The quantitative estimate of drug-likeness (QED) is 0.785. The van der Waals surface area contributed by atoms with E-state index in [4.69, 9.17) is 16.3 Å². The lowest BCUT2D eigenvalue weighted by Crippen LogP contribution is -2.44. The number of piperazine rings is 1. The Balaban J connectivity index is 1.54. The molecule has 2 aromatic rings. The maximum atomic E-state index is 6.31.